The molecule has 1 aliphatic carbocycles. The normalized spacial score (nSPS) is 20.3. The molecule has 1 heterocycles. The van der Waals surface area contributed by atoms with Gasteiger partial charge in [0.2, 0.25) is 0 Å². The van der Waals surface area contributed by atoms with Gasteiger partial charge in [0, 0.05) is 24.4 Å². The van der Waals surface area contributed by atoms with Crippen LogP contribution in [0, 0.1) is 0 Å². The summed E-state index contributed by atoms with van der Waals surface area (Å²) in [5, 5.41) is 10.0. The molecule has 1 aliphatic rings. The molecule has 19 heavy (non-hydrogen) atoms. The fourth-order valence-corrected chi connectivity index (χ4v) is 2.41. The van der Waals surface area contributed by atoms with Gasteiger partial charge in [-0.3, -0.25) is 4.98 Å². The number of aromatic nitrogens is 1. The van der Waals surface area contributed by atoms with Crippen LogP contribution in [0.5, 0.6) is 0 Å². The number of fused-ring (bicyclic) bond motifs is 1. The highest BCUT2D eigenvalue weighted by atomic mass is 19.4. The molecule has 0 aromatic carbocycles. The van der Waals surface area contributed by atoms with Crippen molar-refractivity contribution >= 4 is 0 Å². The lowest BCUT2D eigenvalue weighted by molar-refractivity contribution is -0.175. The van der Waals surface area contributed by atoms with Crippen molar-refractivity contribution < 1.29 is 23.0 Å². The zero-order valence-corrected chi connectivity index (χ0v) is 10.4. The molecule has 2 unspecified atom stereocenters. The second kappa shape index (κ2) is 5.88. The first-order valence-electron chi connectivity index (χ1n) is 6.24. The first kappa shape index (κ1) is 14.3. The number of aliphatic hydroxyl groups excluding tert-OH is 1. The van der Waals surface area contributed by atoms with E-state index in [2.05, 4.69) is 9.72 Å². The third-order valence-electron chi connectivity index (χ3n) is 3.29. The van der Waals surface area contributed by atoms with E-state index in [1.165, 1.54) is 0 Å². The Morgan fingerprint density at radius 2 is 2.26 bits per heavy atom. The SMILES string of the molecule is OC(CCOCC(F)(F)F)C1CCc2cccnc21. The van der Waals surface area contributed by atoms with Gasteiger partial charge in [0.25, 0.3) is 0 Å². The molecular weight excluding hydrogens is 259 g/mol. The Labute approximate surface area is 109 Å². The lowest BCUT2D eigenvalue weighted by Gasteiger charge is -2.18. The first-order valence-corrected chi connectivity index (χ1v) is 6.24. The average Bonchev–Trinajstić information content (AvgIpc) is 2.77. The Kier molecular flexibility index (Phi) is 4.42. The minimum atomic E-state index is -4.31. The van der Waals surface area contributed by atoms with Gasteiger partial charge in [-0.15, -0.1) is 0 Å². The maximum absolute atomic E-state index is 11.9. The molecule has 1 aromatic heterocycles. The number of ether oxygens (including phenoxy) is 1. The molecule has 0 bridgehead atoms. The van der Waals surface area contributed by atoms with Gasteiger partial charge in [0.1, 0.15) is 6.61 Å². The van der Waals surface area contributed by atoms with Gasteiger partial charge >= 0.3 is 6.18 Å². The smallest absolute Gasteiger partial charge is 0.392 e. The van der Waals surface area contributed by atoms with Gasteiger partial charge in [-0.2, -0.15) is 13.2 Å². The molecule has 0 amide bonds. The number of hydrogen-bond acceptors (Lipinski definition) is 3. The van der Waals surface area contributed by atoms with Crippen molar-refractivity contribution in [3.8, 4) is 0 Å². The van der Waals surface area contributed by atoms with Gasteiger partial charge in [-0.25, -0.2) is 0 Å². The molecule has 6 heteroatoms. The van der Waals surface area contributed by atoms with Crippen molar-refractivity contribution in [1.29, 1.82) is 0 Å². The number of pyridine rings is 1. The second-order valence-electron chi connectivity index (χ2n) is 4.72. The van der Waals surface area contributed by atoms with Crippen molar-refractivity contribution in [3.05, 3.63) is 29.6 Å². The van der Waals surface area contributed by atoms with E-state index in [-0.39, 0.29) is 18.9 Å². The molecule has 1 aromatic rings. The quantitative estimate of drug-likeness (QED) is 0.839. The van der Waals surface area contributed by atoms with Crippen LogP contribution in [0.3, 0.4) is 0 Å². The van der Waals surface area contributed by atoms with E-state index in [1.807, 2.05) is 12.1 Å². The minimum absolute atomic E-state index is 0.0920. The lowest BCUT2D eigenvalue weighted by atomic mass is 9.97. The minimum Gasteiger partial charge on any atom is -0.392 e. The number of alkyl halides is 3. The summed E-state index contributed by atoms with van der Waals surface area (Å²) in [4.78, 5) is 4.25. The van der Waals surface area contributed by atoms with Crippen molar-refractivity contribution in [1.82, 2.24) is 4.98 Å². The summed E-state index contributed by atoms with van der Waals surface area (Å²) < 4.78 is 40.2. The van der Waals surface area contributed by atoms with Gasteiger partial charge in [-0.1, -0.05) is 6.07 Å². The topological polar surface area (TPSA) is 42.4 Å². The Morgan fingerprint density at radius 3 is 3.00 bits per heavy atom. The molecule has 2 atom stereocenters. The van der Waals surface area contributed by atoms with Crippen molar-refractivity contribution in [2.75, 3.05) is 13.2 Å². The highest BCUT2D eigenvalue weighted by Crippen LogP contribution is 2.34. The first-order chi connectivity index (χ1) is 8.97. The summed E-state index contributed by atoms with van der Waals surface area (Å²) in [5.74, 6) is -0.0920. The number of aryl methyl sites for hydroxylation is 1. The third kappa shape index (κ3) is 3.91. The van der Waals surface area contributed by atoms with Crippen molar-refractivity contribution in [2.24, 2.45) is 0 Å². The number of hydrogen-bond donors (Lipinski definition) is 1. The molecule has 0 saturated heterocycles. The second-order valence-corrected chi connectivity index (χ2v) is 4.72. The van der Waals surface area contributed by atoms with Crippen molar-refractivity contribution in [3.63, 3.8) is 0 Å². The molecule has 0 saturated carbocycles. The van der Waals surface area contributed by atoms with Crippen LogP contribution in [0.4, 0.5) is 13.2 Å². The van der Waals surface area contributed by atoms with Crippen LogP contribution < -0.4 is 0 Å². The summed E-state index contributed by atoms with van der Waals surface area (Å²) in [6, 6.07) is 3.81. The van der Waals surface area contributed by atoms with Crippen LogP contribution in [0.2, 0.25) is 0 Å². The van der Waals surface area contributed by atoms with E-state index in [1.54, 1.807) is 6.20 Å². The van der Waals surface area contributed by atoms with Crippen LogP contribution >= 0.6 is 0 Å². The van der Waals surface area contributed by atoms with E-state index >= 15 is 0 Å². The van der Waals surface area contributed by atoms with E-state index in [0.717, 1.165) is 24.1 Å². The fourth-order valence-electron chi connectivity index (χ4n) is 2.41. The zero-order valence-electron chi connectivity index (χ0n) is 10.4. The average molecular weight is 275 g/mol. The van der Waals surface area contributed by atoms with Crippen LogP contribution in [-0.2, 0) is 11.2 Å². The zero-order chi connectivity index (χ0) is 13.9. The maximum Gasteiger partial charge on any atom is 0.411 e. The molecule has 0 spiro atoms. The molecule has 106 valence electrons. The third-order valence-corrected chi connectivity index (χ3v) is 3.29. The number of aliphatic hydroxyl groups is 1. The monoisotopic (exact) mass is 275 g/mol. The van der Waals surface area contributed by atoms with E-state index < -0.39 is 18.9 Å². The summed E-state index contributed by atoms with van der Waals surface area (Å²) in [6.45, 7) is -1.36. The number of nitrogens with zero attached hydrogens (tertiary/aromatic N) is 1. The predicted octanol–water partition coefficient (Wildman–Crippen LogP) is 2.44. The predicted molar refractivity (Wildman–Crippen MR) is 62.8 cm³/mol. The highest BCUT2D eigenvalue weighted by Gasteiger charge is 2.30. The standard InChI is InChI=1S/C13H16F3NO2/c14-13(15,16)8-19-7-5-11(18)10-4-3-9-2-1-6-17-12(9)10/h1-2,6,10-11,18H,3-5,7-8H2. The van der Waals surface area contributed by atoms with Crippen LogP contribution in [0.25, 0.3) is 0 Å². The van der Waals surface area contributed by atoms with Gasteiger partial charge in [0.15, 0.2) is 0 Å². The van der Waals surface area contributed by atoms with E-state index in [0.29, 0.717) is 0 Å². The van der Waals surface area contributed by atoms with Gasteiger partial charge in [-0.05, 0) is 30.9 Å². The fraction of sp³-hybridized carbons (Fsp3) is 0.615. The van der Waals surface area contributed by atoms with E-state index in [9.17, 15) is 18.3 Å². The van der Waals surface area contributed by atoms with Gasteiger partial charge in [0.05, 0.1) is 6.10 Å². The Morgan fingerprint density at radius 1 is 1.47 bits per heavy atom. The molecule has 1 N–H and O–H groups in total. The molecule has 3 nitrogen and oxygen atoms in total. The Bertz CT molecular complexity index is 423. The highest BCUT2D eigenvalue weighted by molar-refractivity contribution is 5.29. The van der Waals surface area contributed by atoms with Gasteiger partial charge < -0.3 is 9.84 Å². The maximum atomic E-state index is 11.9. The summed E-state index contributed by atoms with van der Waals surface area (Å²) in [5.41, 5.74) is 1.98. The summed E-state index contributed by atoms with van der Waals surface area (Å²) >= 11 is 0. The Hall–Kier alpha value is -1.14. The molecular formula is C13H16F3NO2. The van der Waals surface area contributed by atoms with Crippen LogP contribution in [0.1, 0.15) is 30.0 Å². The Balaban J connectivity index is 1.80. The molecule has 2 rings (SSSR count). The largest absolute Gasteiger partial charge is 0.411 e. The molecule has 0 radical (unpaired) electrons. The van der Waals surface area contributed by atoms with E-state index in [4.69, 9.17) is 0 Å². The van der Waals surface area contributed by atoms with Crippen LogP contribution in [0.15, 0.2) is 18.3 Å². The van der Waals surface area contributed by atoms with Crippen molar-refractivity contribution in [2.45, 2.75) is 37.5 Å². The van der Waals surface area contributed by atoms with Crippen LogP contribution in [-0.4, -0.2) is 35.6 Å². The molecule has 0 aliphatic heterocycles. The summed E-state index contributed by atoms with van der Waals surface area (Å²) in [7, 11) is 0. The number of halogens is 3. The number of rotatable bonds is 5. The molecule has 0 fully saturated rings. The lowest BCUT2D eigenvalue weighted by Crippen LogP contribution is -2.22. The summed E-state index contributed by atoms with van der Waals surface area (Å²) in [6.07, 6.45) is -1.52.